The van der Waals surface area contributed by atoms with Crippen molar-refractivity contribution >= 4 is 21.9 Å². The zero-order valence-corrected chi connectivity index (χ0v) is 15.6. The van der Waals surface area contributed by atoms with E-state index in [-0.39, 0.29) is 24.2 Å². The van der Waals surface area contributed by atoms with E-state index >= 15 is 0 Å². The van der Waals surface area contributed by atoms with Gasteiger partial charge in [-0.05, 0) is 72.7 Å². The summed E-state index contributed by atoms with van der Waals surface area (Å²) in [4.78, 5) is 10.9. The summed E-state index contributed by atoms with van der Waals surface area (Å²) in [5.74, 6) is -0.295. The summed E-state index contributed by atoms with van der Waals surface area (Å²) in [6.45, 7) is 6.48. The lowest BCUT2D eigenvalue weighted by Gasteiger charge is -2.29. The first-order valence-electron chi connectivity index (χ1n) is 7.55. The van der Waals surface area contributed by atoms with Crippen molar-refractivity contribution in [2.75, 3.05) is 6.61 Å². The average molecular weight is 389 g/mol. The largest absolute Gasteiger partial charge is 0.506 e. The summed E-state index contributed by atoms with van der Waals surface area (Å²) in [5, 5.41) is 30.0. The number of carbonyl (C=O) groups excluding carboxylic acids is 1. The molecule has 1 aromatic rings. The van der Waals surface area contributed by atoms with E-state index in [9.17, 15) is 20.1 Å². The van der Waals surface area contributed by atoms with Gasteiger partial charge in [-0.1, -0.05) is 6.07 Å². The molecule has 0 aliphatic carbocycles. The third-order valence-corrected chi connectivity index (χ3v) is 4.45. The number of carbonyl (C=O) groups is 1. The molecule has 0 saturated carbocycles. The third-order valence-electron chi connectivity index (χ3n) is 3.84. The van der Waals surface area contributed by atoms with Crippen LogP contribution in [0, 0.1) is 6.92 Å². The van der Waals surface area contributed by atoms with Gasteiger partial charge in [0.1, 0.15) is 5.75 Å². The molecule has 0 radical (unpaired) electrons. The summed E-state index contributed by atoms with van der Waals surface area (Å²) in [7, 11) is 0. The fourth-order valence-electron chi connectivity index (χ4n) is 2.32. The number of hydrogen-bond acceptors (Lipinski definition) is 5. The zero-order valence-electron chi connectivity index (χ0n) is 14.0. The molecule has 0 fully saturated rings. The standard InChI is InChI=1S/C17H25BrO5/c1-10-7-13(8-14(18)16(10)21)12(5-6-23-11(2)19)9-15(20)17(3,4)22/h7-8,12,15,20-22H,5-6,9H2,1-4H3/t12-,15?/m0/s1. The minimum absolute atomic E-state index is 0.119. The molecule has 1 aromatic carbocycles. The Morgan fingerprint density at radius 1 is 1.39 bits per heavy atom. The maximum absolute atomic E-state index is 10.9. The Morgan fingerprint density at radius 2 is 2.00 bits per heavy atom. The van der Waals surface area contributed by atoms with Crippen LogP contribution in [0.2, 0.25) is 0 Å². The highest BCUT2D eigenvalue weighted by Crippen LogP contribution is 2.35. The smallest absolute Gasteiger partial charge is 0.302 e. The minimum atomic E-state index is -1.22. The molecule has 6 heteroatoms. The Morgan fingerprint density at radius 3 is 2.48 bits per heavy atom. The van der Waals surface area contributed by atoms with Gasteiger partial charge in [0.25, 0.3) is 0 Å². The van der Waals surface area contributed by atoms with Crippen molar-refractivity contribution in [3.8, 4) is 5.75 Å². The highest BCUT2D eigenvalue weighted by Gasteiger charge is 2.28. The van der Waals surface area contributed by atoms with Crippen LogP contribution in [0.15, 0.2) is 16.6 Å². The van der Waals surface area contributed by atoms with Gasteiger partial charge in [0.2, 0.25) is 0 Å². The number of phenolic OH excluding ortho intramolecular Hbond substituents is 1. The number of benzene rings is 1. The molecule has 130 valence electrons. The summed E-state index contributed by atoms with van der Waals surface area (Å²) in [6, 6.07) is 3.63. The van der Waals surface area contributed by atoms with Gasteiger partial charge in [-0.3, -0.25) is 4.79 Å². The van der Waals surface area contributed by atoms with Crippen LogP contribution >= 0.6 is 15.9 Å². The zero-order chi connectivity index (χ0) is 17.8. The van der Waals surface area contributed by atoms with E-state index in [1.54, 1.807) is 26.8 Å². The van der Waals surface area contributed by atoms with Crippen molar-refractivity contribution in [3.63, 3.8) is 0 Å². The lowest BCUT2D eigenvalue weighted by Crippen LogP contribution is -2.37. The molecule has 5 nitrogen and oxygen atoms in total. The number of ether oxygens (including phenoxy) is 1. The van der Waals surface area contributed by atoms with E-state index < -0.39 is 11.7 Å². The van der Waals surface area contributed by atoms with Gasteiger partial charge < -0.3 is 20.1 Å². The average Bonchev–Trinajstić information content (AvgIpc) is 2.41. The number of aliphatic hydroxyl groups excluding tert-OH is 1. The molecule has 0 aliphatic heterocycles. The molecule has 0 heterocycles. The molecule has 1 rings (SSSR count). The SMILES string of the molecule is CC(=O)OCC[C@@H](CC(O)C(C)(C)O)c1cc(C)c(O)c(Br)c1. The molecular formula is C17H25BrO5. The quantitative estimate of drug-likeness (QED) is 0.624. The Hall–Kier alpha value is -1.11. The second-order valence-corrected chi connectivity index (χ2v) is 7.25. The van der Waals surface area contributed by atoms with Crippen molar-refractivity contribution in [3.05, 3.63) is 27.7 Å². The predicted molar refractivity (Wildman–Crippen MR) is 91.5 cm³/mol. The first kappa shape index (κ1) is 19.9. The van der Waals surface area contributed by atoms with Crippen molar-refractivity contribution in [2.24, 2.45) is 0 Å². The predicted octanol–water partition coefficient (Wildman–Crippen LogP) is 3.02. The van der Waals surface area contributed by atoms with Crippen LogP contribution in [0.25, 0.3) is 0 Å². The number of hydrogen-bond donors (Lipinski definition) is 3. The Bertz CT molecular complexity index is 527. The highest BCUT2D eigenvalue weighted by atomic mass is 79.9. The molecule has 1 unspecified atom stereocenters. The van der Waals surface area contributed by atoms with Crippen LogP contribution < -0.4 is 0 Å². The van der Waals surface area contributed by atoms with Gasteiger partial charge in [0.05, 0.1) is 22.8 Å². The lowest BCUT2D eigenvalue weighted by atomic mass is 9.85. The molecule has 0 aromatic heterocycles. The first-order valence-corrected chi connectivity index (χ1v) is 8.34. The molecule has 23 heavy (non-hydrogen) atoms. The Kier molecular flexibility index (Phi) is 7.04. The fourth-order valence-corrected chi connectivity index (χ4v) is 2.90. The molecule has 0 amide bonds. The van der Waals surface area contributed by atoms with Gasteiger partial charge in [0, 0.05) is 6.92 Å². The molecule has 0 saturated heterocycles. The van der Waals surface area contributed by atoms with Gasteiger partial charge in [-0.15, -0.1) is 0 Å². The van der Waals surface area contributed by atoms with Crippen LogP contribution in [0.3, 0.4) is 0 Å². The number of esters is 1. The van der Waals surface area contributed by atoms with E-state index in [0.29, 0.717) is 22.9 Å². The van der Waals surface area contributed by atoms with Crippen LogP contribution in [0.4, 0.5) is 0 Å². The van der Waals surface area contributed by atoms with Crippen LogP contribution in [-0.2, 0) is 9.53 Å². The molecule has 2 atom stereocenters. The van der Waals surface area contributed by atoms with Crippen molar-refractivity contribution < 1.29 is 24.9 Å². The number of aliphatic hydroxyl groups is 2. The van der Waals surface area contributed by atoms with Crippen LogP contribution in [-0.4, -0.2) is 39.6 Å². The number of aryl methyl sites for hydroxylation is 1. The van der Waals surface area contributed by atoms with E-state index in [0.717, 1.165) is 5.56 Å². The second kappa shape index (κ2) is 8.13. The molecule has 0 aliphatic rings. The first-order chi connectivity index (χ1) is 10.5. The minimum Gasteiger partial charge on any atom is -0.506 e. The maximum atomic E-state index is 10.9. The van der Waals surface area contributed by atoms with Crippen molar-refractivity contribution in [1.29, 1.82) is 0 Å². The van der Waals surface area contributed by atoms with Crippen LogP contribution in [0.5, 0.6) is 5.75 Å². The summed E-state index contributed by atoms with van der Waals surface area (Å²) >= 11 is 3.32. The van der Waals surface area contributed by atoms with E-state index in [1.165, 1.54) is 6.92 Å². The normalized spacial score (nSPS) is 14.4. The van der Waals surface area contributed by atoms with Gasteiger partial charge in [-0.25, -0.2) is 0 Å². The number of phenols is 1. The fraction of sp³-hybridized carbons (Fsp3) is 0.588. The molecule has 3 N–H and O–H groups in total. The summed E-state index contributed by atoms with van der Waals surface area (Å²) in [6.07, 6.45) is -0.0807. The van der Waals surface area contributed by atoms with E-state index in [4.69, 9.17) is 4.74 Å². The third kappa shape index (κ3) is 6.12. The number of rotatable bonds is 7. The Balaban J connectivity index is 3.00. The molecule has 0 spiro atoms. The highest BCUT2D eigenvalue weighted by molar-refractivity contribution is 9.10. The van der Waals surface area contributed by atoms with E-state index in [1.807, 2.05) is 6.07 Å². The van der Waals surface area contributed by atoms with Crippen molar-refractivity contribution in [1.82, 2.24) is 0 Å². The topological polar surface area (TPSA) is 87.0 Å². The molecular weight excluding hydrogens is 364 g/mol. The summed E-state index contributed by atoms with van der Waals surface area (Å²) < 4.78 is 5.57. The van der Waals surface area contributed by atoms with E-state index in [2.05, 4.69) is 15.9 Å². The second-order valence-electron chi connectivity index (χ2n) is 6.40. The Labute approximate surface area is 145 Å². The lowest BCUT2D eigenvalue weighted by molar-refractivity contribution is -0.141. The number of halogens is 1. The van der Waals surface area contributed by atoms with Gasteiger partial charge in [0.15, 0.2) is 0 Å². The monoisotopic (exact) mass is 388 g/mol. The van der Waals surface area contributed by atoms with Gasteiger partial charge >= 0.3 is 5.97 Å². The van der Waals surface area contributed by atoms with Crippen molar-refractivity contribution in [2.45, 2.75) is 58.2 Å². The number of aromatic hydroxyl groups is 1. The molecule has 0 bridgehead atoms. The maximum Gasteiger partial charge on any atom is 0.302 e. The summed E-state index contributed by atoms with van der Waals surface area (Å²) in [5.41, 5.74) is 0.398. The van der Waals surface area contributed by atoms with Crippen LogP contribution in [0.1, 0.15) is 50.7 Å². The van der Waals surface area contributed by atoms with Gasteiger partial charge in [-0.2, -0.15) is 0 Å².